The smallest absolute Gasteiger partial charge is 0.162 e. The van der Waals surface area contributed by atoms with Gasteiger partial charge in [0.2, 0.25) is 0 Å². The Bertz CT molecular complexity index is 1860. The average Bonchev–Trinajstić information content (AvgIpc) is 3.46. The molecule has 49 heavy (non-hydrogen) atoms. The van der Waals surface area contributed by atoms with E-state index in [4.69, 9.17) is 9.40 Å². The predicted octanol–water partition coefficient (Wildman–Crippen LogP) is 11.3. The molecule has 7 heteroatoms. The summed E-state index contributed by atoms with van der Waals surface area (Å²) in [5, 5.41) is 12.1. The second-order valence-electron chi connectivity index (χ2n) is 14.1. The van der Waals surface area contributed by atoms with Crippen LogP contribution in [0.25, 0.3) is 44.4 Å². The molecular weight excluding hydrogens is 787 g/mol. The number of ketones is 1. The van der Waals surface area contributed by atoms with E-state index in [0.717, 1.165) is 76.7 Å². The number of hydrogen-bond donors (Lipinski definition) is 1. The van der Waals surface area contributed by atoms with Crippen LogP contribution in [0.5, 0.6) is 0 Å². The van der Waals surface area contributed by atoms with E-state index in [1.165, 1.54) is 17.0 Å². The number of pyridine rings is 1. The van der Waals surface area contributed by atoms with Crippen LogP contribution in [0.3, 0.4) is 0 Å². The third-order valence-electron chi connectivity index (χ3n) is 9.02. The Morgan fingerprint density at radius 2 is 1.57 bits per heavy atom. The van der Waals surface area contributed by atoms with Crippen molar-refractivity contribution in [3.63, 3.8) is 0 Å². The molecule has 0 saturated heterocycles. The summed E-state index contributed by atoms with van der Waals surface area (Å²) in [6.07, 6.45) is 11.2. The molecule has 5 aromatic rings. The number of allylic oxidation sites excluding steroid dienone is 2. The van der Waals surface area contributed by atoms with Crippen molar-refractivity contribution < 1.29 is 34.4 Å². The molecule has 3 heterocycles. The number of carbonyl (C=O) groups excluding carboxylic acids is 1. The monoisotopic (exact) mass is 839 g/mol. The number of aromatic nitrogens is 3. The van der Waals surface area contributed by atoms with Crippen LogP contribution in [-0.2, 0) is 36.7 Å². The molecule has 1 N–H and O–H groups in total. The molecule has 0 fully saturated rings. The van der Waals surface area contributed by atoms with Crippen LogP contribution in [0, 0.1) is 23.8 Å². The van der Waals surface area contributed by atoms with Crippen LogP contribution < -0.4 is 0 Å². The molecule has 0 spiro atoms. The molecule has 0 saturated carbocycles. The third-order valence-corrected chi connectivity index (χ3v) is 9.02. The number of rotatable bonds is 11. The van der Waals surface area contributed by atoms with Gasteiger partial charge in [-0.2, -0.15) is 0 Å². The minimum Gasteiger partial charge on any atom is -0.512 e. The number of nitrogens with zero attached hydrogens (tertiary/aromatic N) is 3. The minimum absolute atomic E-state index is 0. The number of hydrogen-bond acceptors (Lipinski definition) is 6. The number of fused-ring (bicyclic) bond motifs is 2. The summed E-state index contributed by atoms with van der Waals surface area (Å²) in [5.41, 5.74) is 7.68. The molecule has 0 aliphatic heterocycles. The number of carbonyl (C=O) groups is 1. The molecule has 3 aromatic heterocycles. The van der Waals surface area contributed by atoms with Gasteiger partial charge in [0, 0.05) is 61.0 Å². The fraction of sp³-hybridized carbons (Fsp3) is 0.429. The van der Waals surface area contributed by atoms with Crippen molar-refractivity contribution in [1.29, 1.82) is 0 Å². The van der Waals surface area contributed by atoms with E-state index >= 15 is 0 Å². The number of aliphatic hydroxyl groups is 1. The van der Waals surface area contributed by atoms with Gasteiger partial charge in [-0.15, -0.1) is 29.1 Å². The summed E-state index contributed by atoms with van der Waals surface area (Å²) >= 11 is 0. The fourth-order valence-corrected chi connectivity index (χ4v) is 6.12. The first-order chi connectivity index (χ1) is 22.9. The van der Waals surface area contributed by atoms with Gasteiger partial charge < -0.3 is 9.52 Å². The zero-order valence-electron chi connectivity index (χ0n) is 30.6. The topological polar surface area (TPSA) is 89.1 Å². The van der Waals surface area contributed by atoms with Gasteiger partial charge in [-0.1, -0.05) is 91.5 Å². The molecule has 1 radical (unpaired) electrons. The van der Waals surface area contributed by atoms with Crippen molar-refractivity contribution in [2.24, 2.45) is 17.8 Å². The Morgan fingerprint density at radius 3 is 2.20 bits per heavy atom. The van der Waals surface area contributed by atoms with Crippen molar-refractivity contribution in [3.8, 4) is 22.5 Å². The Labute approximate surface area is 306 Å². The van der Waals surface area contributed by atoms with Crippen molar-refractivity contribution in [2.75, 3.05) is 0 Å². The van der Waals surface area contributed by atoms with E-state index in [-0.39, 0.29) is 48.9 Å². The molecule has 6 nitrogen and oxygen atoms in total. The van der Waals surface area contributed by atoms with E-state index in [1.54, 1.807) is 6.33 Å². The van der Waals surface area contributed by atoms with Gasteiger partial charge in [-0.25, -0.2) is 4.98 Å². The van der Waals surface area contributed by atoms with E-state index in [0.29, 0.717) is 5.92 Å². The second-order valence-corrected chi connectivity index (χ2v) is 14.1. The van der Waals surface area contributed by atoms with E-state index in [2.05, 4.69) is 81.0 Å². The maximum atomic E-state index is 11.7. The molecule has 5 rings (SSSR count). The average molecular weight is 839 g/mol. The van der Waals surface area contributed by atoms with Gasteiger partial charge in [0.15, 0.2) is 11.4 Å². The van der Waals surface area contributed by atoms with Gasteiger partial charge in [0.1, 0.15) is 11.8 Å². The Hall–Kier alpha value is -3.67. The van der Waals surface area contributed by atoms with Crippen LogP contribution in [0.15, 0.2) is 77.5 Å². The Balaban J connectivity index is 0.000000347. The van der Waals surface area contributed by atoms with Crippen molar-refractivity contribution in [3.05, 3.63) is 90.3 Å². The second kappa shape index (κ2) is 17.8. The normalized spacial score (nSPS) is 12.0. The molecule has 0 aliphatic carbocycles. The van der Waals surface area contributed by atoms with Crippen LogP contribution in [0.1, 0.15) is 99.1 Å². The number of furan rings is 1. The molecule has 0 unspecified atom stereocenters. The molecule has 0 atom stereocenters. The summed E-state index contributed by atoms with van der Waals surface area (Å²) in [5.74, 6) is 1.10. The molecular formula is C42H52IrN3O3-. The van der Waals surface area contributed by atoms with E-state index < -0.39 is 0 Å². The molecule has 0 amide bonds. The van der Waals surface area contributed by atoms with Crippen LogP contribution in [0.2, 0.25) is 0 Å². The van der Waals surface area contributed by atoms with E-state index in [9.17, 15) is 9.90 Å². The maximum absolute atomic E-state index is 11.7. The maximum Gasteiger partial charge on any atom is 0.162 e. The first-order valence-electron chi connectivity index (χ1n) is 17.5. The summed E-state index contributed by atoms with van der Waals surface area (Å²) in [6.45, 7) is 19.2. The summed E-state index contributed by atoms with van der Waals surface area (Å²) < 4.78 is 5.82. The van der Waals surface area contributed by atoms with Gasteiger partial charge in [0.05, 0.1) is 17.7 Å². The summed E-state index contributed by atoms with van der Waals surface area (Å²) in [7, 11) is 0. The first-order valence-corrected chi connectivity index (χ1v) is 17.5. The van der Waals surface area contributed by atoms with Crippen LogP contribution in [-0.4, -0.2) is 25.8 Å². The third kappa shape index (κ3) is 9.95. The Morgan fingerprint density at radius 1 is 0.918 bits per heavy atom. The largest absolute Gasteiger partial charge is 0.512 e. The number of benzene rings is 2. The van der Waals surface area contributed by atoms with Crippen molar-refractivity contribution in [1.82, 2.24) is 15.0 Å². The molecule has 0 aliphatic rings. The zero-order chi connectivity index (χ0) is 35.0. The molecule has 263 valence electrons. The SMILES string of the molecule is CC(C)Cc1coc2cc(-c3cc(-c4[c-]c5ccccc5c(C(C)(C)C)c4)ncn3)cnc12.CCC(CC)C(=O)/C=C(\O)C(CC)CC.[Ir]. The zero-order valence-corrected chi connectivity index (χ0v) is 33.0. The molecule has 0 bridgehead atoms. The standard InChI is InChI=1S/C29H28N3O.C13H24O2.Ir/c1-18(2)10-22-16-33-27-13-21(15-30-28(22)27)26-14-25(31-17-32-26)20-11-19-8-6-7-9-23(19)24(12-20)29(3,4)5;1-5-10(6-2)12(14)9-13(15)11(7-3)8-4;/h6-9,12-18H,10H2,1-5H3;9-11,14H,5-8H2,1-4H3;/q-1;;/b;12-9-;. The van der Waals surface area contributed by atoms with Crippen LogP contribution >= 0.6 is 0 Å². The van der Waals surface area contributed by atoms with Crippen molar-refractivity contribution >= 4 is 27.7 Å². The van der Waals surface area contributed by atoms with Gasteiger partial charge >= 0.3 is 0 Å². The quantitative estimate of drug-likeness (QED) is 0.0810. The molecule has 2 aromatic carbocycles. The predicted molar refractivity (Wildman–Crippen MR) is 198 cm³/mol. The van der Waals surface area contributed by atoms with Crippen LogP contribution in [0.4, 0.5) is 0 Å². The van der Waals surface area contributed by atoms with Gasteiger partial charge in [0.25, 0.3) is 0 Å². The van der Waals surface area contributed by atoms with Crippen molar-refractivity contribution in [2.45, 2.75) is 99.8 Å². The van der Waals surface area contributed by atoms with E-state index in [1.807, 2.05) is 52.3 Å². The fourth-order valence-electron chi connectivity index (χ4n) is 6.12. The summed E-state index contributed by atoms with van der Waals surface area (Å²) in [4.78, 5) is 25.5. The van der Waals surface area contributed by atoms with Gasteiger partial charge in [-0.3, -0.25) is 14.8 Å². The summed E-state index contributed by atoms with van der Waals surface area (Å²) in [6, 6.07) is 18.2. The number of aliphatic hydroxyl groups excluding tert-OH is 1. The minimum atomic E-state index is 0. The first kappa shape index (κ1) is 39.8. The Kier molecular flexibility index (Phi) is 14.5. The van der Waals surface area contributed by atoms with Gasteiger partial charge in [-0.05, 0) is 55.6 Å².